The molecule has 0 radical (unpaired) electrons. The van der Waals surface area contributed by atoms with Gasteiger partial charge < -0.3 is 24.3 Å². The van der Waals surface area contributed by atoms with Crippen molar-refractivity contribution < 1.29 is 23.7 Å². The fourth-order valence-electron chi connectivity index (χ4n) is 3.29. The Bertz CT molecular complexity index is 834. The number of rotatable bonds is 7. The maximum atomic E-state index is 12.7. The molecule has 1 aliphatic rings. The van der Waals surface area contributed by atoms with Gasteiger partial charge in [-0.3, -0.25) is 4.79 Å². The number of amides is 1. The van der Waals surface area contributed by atoms with Gasteiger partial charge in [-0.15, -0.1) is 0 Å². The maximum Gasteiger partial charge on any atom is 0.224 e. The Morgan fingerprint density at radius 2 is 1.71 bits per heavy atom. The van der Waals surface area contributed by atoms with Crippen LogP contribution in [0.25, 0.3) is 0 Å². The fourth-order valence-corrected chi connectivity index (χ4v) is 3.29. The third-order valence-electron chi connectivity index (χ3n) is 4.72. The van der Waals surface area contributed by atoms with Gasteiger partial charge in [-0.25, -0.2) is 0 Å². The van der Waals surface area contributed by atoms with Gasteiger partial charge in [-0.05, 0) is 41.3 Å². The zero-order valence-corrected chi connectivity index (χ0v) is 16.8. The SMILES string of the molecule is COc1ccc(CC(=O)NC(c2ccc3c(c2)OCCO3)C(C)C)cc1OC. The number of methoxy groups -OCH3 is 2. The third-order valence-corrected chi connectivity index (χ3v) is 4.72. The highest BCUT2D eigenvalue weighted by Crippen LogP contribution is 2.34. The lowest BCUT2D eigenvalue weighted by Gasteiger charge is -2.25. The van der Waals surface area contributed by atoms with Crippen LogP contribution in [-0.4, -0.2) is 33.3 Å². The monoisotopic (exact) mass is 385 g/mol. The van der Waals surface area contributed by atoms with E-state index >= 15 is 0 Å². The molecule has 0 fully saturated rings. The Hall–Kier alpha value is -2.89. The van der Waals surface area contributed by atoms with E-state index in [1.807, 2.05) is 36.4 Å². The molecular formula is C22H27NO5. The summed E-state index contributed by atoms with van der Waals surface area (Å²) in [5, 5.41) is 3.15. The van der Waals surface area contributed by atoms with E-state index in [2.05, 4.69) is 19.2 Å². The zero-order valence-electron chi connectivity index (χ0n) is 16.8. The van der Waals surface area contributed by atoms with Gasteiger partial charge in [0.05, 0.1) is 26.7 Å². The molecule has 6 heteroatoms. The van der Waals surface area contributed by atoms with E-state index in [0.29, 0.717) is 24.7 Å². The number of carbonyl (C=O) groups excluding carboxylic acids is 1. The first-order chi connectivity index (χ1) is 13.5. The van der Waals surface area contributed by atoms with E-state index in [1.165, 1.54) is 0 Å². The van der Waals surface area contributed by atoms with E-state index in [-0.39, 0.29) is 24.3 Å². The summed E-state index contributed by atoms with van der Waals surface area (Å²) in [5.41, 5.74) is 1.86. The summed E-state index contributed by atoms with van der Waals surface area (Å²) in [4.78, 5) is 12.7. The van der Waals surface area contributed by atoms with Crippen molar-refractivity contribution in [1.82, 2.24) is 5.32 Å². The lowest BCUT2D eigenvalue weighted by molar-refractivity contribution is -0.121. The Morgan fingerprint density at radius 3 is 2.39 bits per heavy atom. The van der Waals surface area contributed by atoms with Crippen LogP contribution in [0.15, 0.2) is 36.4 Å². The molecule has 6 nitrogen and oxygen atoms in total. The van der Waals surface area contributed by atoms with Crippen LogP contribution in [-0.2, 0) is 11.2 Å². The van der Waals surface area contributed by atoms with Gasteiger partial charge >= 0.3 is 0 Å². The van der Waals surface area contributed by atoms with Gasteiger partial charge in [0, 0.05) is 0 Å². The van der Waals surface area contributed by atoms with Crippen LogP contribution in [0, 0.1) is 5.92 Å². The first-order valence-electron chi connectivity index (χ1n) is 9.41. The molecular weight excluding hydrogens is 358 g/mol. The summed E-state index contributed by atoms with van der Waals surface area (Å²) in [6, 6.07) is 11.2. The van der Waals surface area contributed by atoms with Crippen molar-refractivity contribution in [2.75, 3.05) is 27.4 Å². The van der Waals surface area contributed by atoms with Crippen molar-refractivity contribution in [2.45, 2.75) is 26.3 Å². The summed E-state index contributed by atoms with van der Waals surface area (Å²) < 4.78 is 21.8. The molecule has 0 spiro atoms. The van der Waals surface area contributed by atoms with Crippen molar-refractivity contribution in [3.63, 3.8) is 0 Å². The summed E-state index contributed by atoms with van der Waals surface area (Å²) in [7, 11) is 3.17. The van der Waals surface area contributed by atoms with E-state index in [0.717, 1.165) is 22.6 Å². The minimum Gasteiger partial charge on any atom is -0.493 e. The summed E-state index contributed by atoms with van der Waals surface area (Å²) in [5.74, 6) is 2.89. The molecule has 1 N–H and O–H groups in total. The molecule has 1 aliphatic heterocycles. The van der Waals surface area contributed by atoms with Crippen molar-refractivity contribution in [3.8, 4) is 23.0 Å². The molecule has 1 unspecified atom stereocenters. The average molecular weight is 385 g/mol. The number of hydrogen-bond donors (Lipinski definition) is 1. The highest BCUT2D eigenvalue weighted by molar-refractivity contribution is 5.79. The van der Waals surface area contributed by atoms with Crippen molar-refractivity contribution >= 4 is 5.91 Å². The summed E-state index contributed by atoms with van der Waals surface area (Å²) in [6.45, 7) is 5.26. The summed E-state index contributed by atoms with van der Waals surface area (Å²) >= 11 is 0. The highest BCUT2D eigenvalue weighted by atomic mass is 16.6. The Labute approximate surface area is 165 Å². The average Bonchev–Trinajstić information content (AvgIpc) is 2.71. The second-order valence-electron chi connectivity index (χ2n) is 7.06. The van der Waals surface area contributed by atoms with E-state index in [4.69, 9.17) is 18.9 Å². The van der Waals surface area contributed by atoms with Crippen LogP contribution in [0.3, 0.4) is 0 Å². The van der Waals surface area contributed by atoms with Crippen LogP contribution in [0.1, 0.15) is 31.0 Å². The van der Waals surface area contributed by atoms with Crippen LogP contribution in [0.4, 0.5) is 0 Å². The number of benzene rings is 2. The largest absolute Gasteiger partial charge is 0.493 e. The third kappa shape index (κ3) is 4.50. The number of hydrogen-bond acceptors (Lipinski definition) is 5. The Morgan fingerprint density at radius 1 is 1.00 bits per heavy atom. The van der Waals surface area contributed by atoms with Gasteiger partial charge in [0.25, 0.3) is 0 Å². The van der Waals surface area contributed by atoms with Gasteiger partial charge in [0.1, 0.15) is 13.2 Å². The quantitative estimate of drug-likeness (QED) is 0.790. The van der Waals surface area contributed by atoms with E-state index < -0.39 is 0 Å². The zero-order chi connectivity index (χ0) is 20.1. The molecule has 0 bridgehead atoms. The minimum atomic E-state index is -0.122. The molecule has 1 atom stereocenters. The number of nitrogens with one attached hydrogen (secondary N) is 1. The Balaban J connectivity index is 1.73. The molecule has 3 rings (SSSR count). The van der Waals surface area contributed by atoms with Crippen LogP contribution in [0.2, 0.25) is 0 Å². The topological polar surface area (TPSA) is 66.0 Å². The lowest BCUT2D eigenvalue weighted by Crippen LogP contribution is -2.33. The molecule has 0 saturated heterocycles. The molecule has 28 heavy (non-hydrogen) atoms. The fraction of sp³-hybridized carbons (Fsp3) is 0.409. The van der Waals surface area contributed by atoms with Crippen molar-refractivity contribution in [2.24, 2.45) is 5.92 Å². The van der Waals surface area contributed by atoms with Gasteiger partial charge in [0.15, 0.2) is 23.0 Å². The van der Waals surface area contributed by atoms with Crippen molar-refractivity contribution in [3.05, 3.63) is 47.5 Å². The maximum absolute atomic E-state index is 12.7. The highest BCUT2D eigenvalue weighted by Gasteiger charge is 2.21. The van der Waals surface area contributed by atoms with Gasteiger partial charge in [0.2, 0.25) is 5.91 Å². The number of ether oxygens (including phenoxy) is 4. The molecule has 2 aromatic rings. The first-order valence-corrected chi connectivity index (χ1v) is 9.41. The molecule has 1 heterocycles. The molecule has 150 valence electrons. The minimum absolute atomic E-state index is 0.0548. The summed E-state index contributed by atoms with van der Waals surface area (Å²) in [6.07, 6.45) is 0.258. The number of fused-ring (bicyclic) bond motifs is 1. The molecule has 0 aliphatic carbocycles. The number of carbonyl (C=O) groups is 1. The predicted molar refractivity (Wildman–Crippen MR) is 106 cm³/mol. The molecule has 2 aromatic carbocycles. The van der Waals surface area contributed by atoms with Gasteiger partial charge in [-0.2, -0.15) is 0 Å². The molecule has 1 amide bonds. The van der Waals surface area contributed by atoms with Crippen molar-refractivity contribution in [1.29, 1.82) is 0 Å². The predicted octanol–water partition coefficient (Wildman–Crippen LogP) is 3.53. The smallest absolute Gasteiger partial charge is 0.224 e. The first kappa shape index (κ1) is 19.9. The second-order valence-corrected chi connectivity index (χ2v) is 7.06. The van der Waals surface area contributed by atoms with Gasteiger partial charge in [-0.1, -0.05) is 26.0 Å². The standard InChI is InChI=1S/C22H27NO5/c1-14(2)22(16-6-8-18-20(13-16)28-10-9-27-18)23-21(24)12-15-5-7-17(25-3)19(11-15)26-4/h5-8,11,13-14,22H,9-10,12H2,1-4H3,(H,23,24). The van der Waals surface area contributed by atoms with Crippen LogP contribution in [0.5, 0.6) is 23.0 Å². The van der Waals surface area contributed by atoms with E-state index in [9.17, 15) is 4.79 Å². The normalized spacial score (nSPS) is 13.8. The molecule has 0 saturated carbocycles. The Kier molecular flexibility index (Phi) is 6.29. The second kappa shape index (κ2) is 8.87. The lowest BCUT2D eigenvalue weighted by atomic mass is 9.95. The molecule has 0 aromatic heterocycles. The van der Waals surface area contributed by atoms with Crippen LogP contribution >= 0.6 is 0 Å². The van der Waals surface area contributed by atoms with Crippen LogP contribution < -0.4 is 24.3 Å². The van der Waals surface area contributed by atoms with E-state index in [1.54, 1.807) is 14.2 Å².